The number of hydrogen-bond donors (Lipinski definition) is 2. The minimum Gasteiger partial charge on any atom is -0.496 e. The molecule has 126 valence electrons. The average molecular weight is 329 g/mol. The maximum absolute atomic E-state index is 12.8. The van der Waals surface area contributed by atoms with Gasteiger partial charge in [0, 0.05) is 24.6 Å². The number of aliphatic hydroxyl groups excluding tert-OH is 2. The molecule has 1 aromatic heterocycles. The van der Waals surface area contributed by atoms with E-state index in [4.69, 9.17) is 14.6 Å². The van der Waals surface area contributed by atoms with Crippen molar-refractivity contribution in [2.45, 2.75) is 6.10 Å². The van der Waals surface area contributed by atoms with Gasteiger partial charge < -0.3 is 24.3 Å². The summed E-state index contributed by atoms with van der Waals surface area (Å²) in [4.78, 5) is 12.8. The highest BCUT2D eigenvalue weighted by molar-refractivity contribution is 5.97. The van der Waals surface area contributed by atoms with Crippen LogP contribution in [-0.4, -0.2) is 41.2 Å². The van der Waals surface area contributed by atoms with E-state index in [0.29, 0.717) is 27.8 Å². The zero-order valence-corrected chi connectivity index (χ0v) is 13.5. The molecular formula is C18H19NO5. The van der Waals surface area contributed by atoms with Crippen LogP contribution in [0.25, 0.3) is 21.8 Å². The summed E-state index contributed by atoms with van der Waals surface area (Å²) in [5.41, 5.74) is 1.38. The zero-order chi connectivity index (χ0) is 17.3. The number of nitrogens with zero attached hydrogens (tertiary/aromatic N) is 1. The molecule has 2 aromatic carbocycles. The van der Waals surface area contributed by atoms with Crippen LogP contribution < -0.4 is 14.9 Å². The molecule has 1 atom stereocenters. The van der Waals surface area contributed by atoms with Crippen LogP contribution in [0.4, 0.5) is 0 Å². The van der Waals surface area contributed by atoms with Crippen LogP contribution in [0.15, 0.2) is 41.2 Å². The Balaban J connectivity index is 2.25. The van der Waals surface area contributed by atoms with Crippen molar-refractivity contribution < 1.29 is 19.7 Å². The third kappa shape index (κ3) is 2.70. The van der Waals surface area contributed by atoms with E-state index < -0.39 is 6.10 Å². The maximum atomic E-state index is 12.8. The van der Waals surface area contributed by atoms with Gasteiger partial charge in [0.1, 0.15) is 24.2 Å². The highest BCUT2D eigenvalue weighted by atomic mass is 16.5. The molecule has 6 heteroatoms. The molecule has 1 unspecified atom stereocenters. The minimum atomic E-state index is -0.966. The number of pyridine rings is 1. The summed E-state index contributed by atoms with van der Waals surface area (Å²) in [6.45, 7) is -0.430. The van der Waals surface area contributed by atoms with Gasteiger partial charge in [-0.3, -0.25) is 4.79 Å². The third-order valence-electron chi connectivity index (χ3n) is 4.03. The van der Waals surface area contributed by atoms with Crippen LogP contribution in [-0.2, 0) is 7.05 Å². The Bertz CT molecular complexity index is 947. The largest absolute Gasteiger partial charge is 0.496 e. The summed E-state index contributed by atoms with van der Waals surface area (Å²) < 4.78 is 12.8. The number of ether oxygens (including phenoxy) is 2. The van der Waals surface area contributed by atoms with E-state index in [1.165, 1.54) is 7.11 Å². The van der Waals surface area contributed by atoms with Gasteiger partial charge in [0.2, 0.25) is 5.43 Å². The molecule has 0 fully saturated rings. The van der Waals surface area contributed by atoms with Crippen LogP contribution in [0.1, 0.15) is 0 Å². The molecule has 0 aliphatic carbocycles. The molecule has 0 radical (unpaired) electrons. The summed E-state index contributed by atoms with van der Waals surface area (Å²) in [7, 11) is 3.37. The topological polar surface area (TPSA) is 80.9 Å². The van der Waals surface area contributed by atoms with Crippen LogP contribution in [0.5, 0.6) is 11.5 Å². The number of aryl methyl sites for hydroxylation is 1. The number of methoxy groups -OCH3 is 1. The fourth-order valence-corrected chi connectivity index (χ4v) is 2.78. The Morgan fingerprint density at radius 2 is 1.96 bits per heavy atom. The van der Waals surface area contributed by atoms with E-state index in [0.717, 1.165) is 5.52 Å². The van der Waals surface area contributed by atoms with E-state index in [-0.39, 0.29) is 18.6 Å². The number of rotatable bonds is 5. The summed E-state index contributed by atoms with van der Waals surface area (Å²) in [5, 5.41) is 19.4. The average Bonchev–Trinajstić information content (AvgIpc) is 2.63. The Labute approximate surface area is 138 Å². The van der Waals surface area contributed by atoms with Crippen molar-refractivity contribution in [3.05, 3.63) is 46.6 Å². The highest BCUT2D eigenvalue weighted by Gasteiger charge is 2.15. The van der Waals surface area contributed by atoms with Crippen molar-refractivity contribution in [1.29, 1.82) is 0 Å². The first-order valence-electron chi connectivity index (χ1n) is 7.58. The van der Waals surface area contributed by atoms with Crippen molar-refractivity contribution in [3.63, 3.8) is 0 Å². The lowest BCUT2D eigenvalue weighted by atomic mass is 10.1. The number of para-hydroxylation sites is 1. The SMILES string of the molecule is COc1cc(OCC(O)CO)cc2c1c(=O)c1ccccc1n2C. The lowest BCUT2D eigenvalue weighted by Gasteiger charge is -2.16. The molecule has 0 amide bonds. The molecule has 1 heterocycles. The second kappa shape index (κ2) is 6.51. The molecule has 0 bridgehead atoms. The van der Waals surface area contributed by atoms with Gasteiger partial charge in [0.25, 0.3) is 0 Å². The smallest absolute Gasteiger partial charge is 0.200 e. The quantitative estimate of drug-likeness (QED) is 0.692. The summed E-state index contributed by atoms with van der Waals surface area (Å²) in [6, 6.07) is 10.7. The van der Waals surface area contributed by atoms with E-state index in [2.05, 4.69) is 0 Å². The predicted molar refractivity (Wildman–Crippen MR) is 91.8 cm³/mol. The van der Waals surface area contributed by atoms with Gasteiger partial charge in [-0.1, -0.05) is 12.1 Å². The van der Waals surface area contributed by atoms with Crippen molar-refractivity contribution in [3.8, 4) is 11.5 Å². The first-order chi connectivity index (χ1) is 11.6. The Hall–Kier alpha value is -2.57. The van der Waals surface area contributed by atoms with Gasteiger partial charge in [0.05, 0.1) is 30.1 Å². The Kier molecular flexibility index (Phi) is 4.42. The van der Waals surface area contributed by atoms with Gasteiger partial charge >= 0.3 is 0 Å². The molecule has 3 aromatic rings. The summed E-state index contributed by atoms with van der Waals surface area (Å²) >= 11 is 0. The molecule has 0 spiro atoms. The number of fused-ring (bicyclic) bond motifs is 2. The molecular weight excluding hydrogens is 310 g/mol. The molecule has 0 aliphatic rings. The second-order valence-corrected chi connectivity index (χ2v) is 5.57. The van der Waals surface area contributed by atoms with E-state index in [1.54, 1.807) is 18.2 Å². The third-order valence-corrected chi connectivity index (χ3v) is 4.03. The maximum Gasteiger partial charge on any atom is 0.200 e. The fraction of sp³-hybridized carbons (Fsp3) is 0.278. The second-order valence-electron chi connectivity index (χ2n) is 5.57. The van der Waals surface area contributed by atoms with E-state index in [9.17, 15) is 9.90 Å². The van der Waals surface area contributed by atoms with E-state index >= 15 is 0 Å². The van der Waals surface area contributed by atoms with Crippen LogP contribution in [0.3, 0.4) is 0 Å². The molecule has 2 N–H and O–H groups in total. The molecule has 6 nitrogen and oxygen atoms in total. The van der Waals surface area contributed by atoms with Crippen molar-refractivity contribution >= 4 is 21.8 Å². The molecule has 24 heavy (non-hydrogen) atoms. The molecule has 3 rings (SSSR count). The minimum absolute atomic E-state index is 0.0489. The van der Waals surface area contributed by atoms with Gasteiger partial charge in [-0.2, -0.15) is 0 Å². The lowest BCUT2D eigenvalue weighted by molar-refractivity contribution is 0.0536. The fourth-order valence-electron chi connectivity index (χ4n) is 2.78. The number of aromatic nitrogens is 1. The van der Waals surface area contributed by atoms with Gasteiger partial charge in [-0.05, 0) is 12.1 Å². The summed E-state index contributed by atoms with van der Waals surface area (Å²) in [5.74, 6) is 0.865. The van der Waals surface area contributed by atoms with Crippen molar-refractivity contribution in [2.24, 2.45) is 7.05 Å². The normalized spacial score (nSPS) is 12.5. The molecule has 0 saturated carbocycles. The van der Waals surface area contributed by atoms with Gasteiger partial charge in [-0.15, -0.1) is 0 Å². The van der Waals surface area contributed by atoms with Crippen LogP contribution in [0.2, 0.25) is 0 Å². The van der Waals surface area contributed by atoms with Gasteiger partial charge in [-0.25, -0.2) is 0 Å². The number of aliphatic hydroxyl groups is 2. The predicted octanol–water partition coefficient (Wildman–Crippen LogP) is 1.43. The molecule has 0 aliphatic heterocycles. The lowest BCUT2D eigenvalue weighted by Crippen LogP contribution is -2.21. The number of benzene rings is 2. The van der Waals surface area contributed by atoms with Crippen molar-refractivity contribution in [2.75, 3.05) is 20.3 Å². The highest BCUT2D eigenvalue weighted by Crippen LogP contribution is 2.31. The first kappa shape index (κ1) is 16.3. The van der Waals surface area contributed by atoms with Crippen molar-refractivity contribution in [1.82, 2.24) is 4.57 Å². The van der Waals surface area contributed by atoms with Crippen LogP contribution in [0, 0.1) is 0 Å². The molecule has 0 saturated heterocycles. The Morgan fingerprint density at radius 1 is 1.21 bits per heavy atom. The zero-order valence-electron chi connectivity index (χ0n) is 13.5. The summed E-state index contributed by atoms with van der Waals surface area (Å²) in [6.07, 6.45) is -0.966. The monoisotopic (exact) mass is 329 g/mol. The Morgan fingerprint density at radius 3 is 2.67 bits per heavy atom. The first-order valence-corrected chi connectivity index (χ1v) is 7.58. The van der Waals surface area contributed by atoms with Crippen LogP contribution >= 0.6 is 0 Å². The van der Waals surface area contributed by atoms with Gasteiger partial charge in [0.15, 0.2) is 0 Å². The standard InChI is InChI=1S/C18H19NO5/c1-19-14-6-4-3-5-13(14)18(22)17-15(19)7-12(8-16(17)23-2)24-10-11(21)9-20/h3-8,11,20-21H,9-10H2,1-2H3. The van der Waals surface area contributed by atoms with E-state index in [1.807, 2.05) is 29.8 Å². The number of hydrogen-bond acceptors (Lipinski definition) is 5.